The predicted octanol–water partition coefficient (Wildman–Crippen LogP) is 4.99. The highest BCUT2D eigenvalue weighted by Crippen LogP contribution is 2.41. The minimum absolute atomic E-state index is 0.0328. The van der Waals surface area contributed by atoms with E-state index in [1.807, 2.05) is 29.3 Å². The number of aromatic amines is 1. The van der Waals surface area contributed by atoms with E-state index in [2.05, 4.69) is 63.7 Å². The number of rotatable bonds is 13. The van der Waals surface area contributed by atoms with Gasteiger partial charge in [0.25, 0.3) is 0 Å². The Morgan fingerprint density at radius 2 is 1.67 bits per heavy atom. The molecule has 2 fully saturated rings. The summed E-state index contributed by atoms with van der Waals surface area (Å²) >= 11 is 0. The van der Waals surface area contributed by atoms with Crippen LogP contribution in [0, 0.1) is 11.8 Å². The predicted molar refractivity (Wildman–Crippen MR) is 168 cm³/mol. The number of carbonyl (C=O) groups is 3. The van der Waals surface area contributed by atoms with E-state index in [-0.39, 0.29) is 49.6 Å². The number of tetrazole rings is 1. The molecule has 4 unspecified atom stereocenters. The largest absolute Gasteiger partial charge is 0.465 e. The van der Waals surface area contributed by atoms with Crippen LogP contribution >= 0.6 is 0 Å². The average molecular weight is 617 g/mol. The van der Waals surface area contributed by atoms with Crippen molar-refractivity contribution < 1.29 is 23.9 Å². The Morgan fingerprint density at radius 1 is 0.978 bits per heavy atom. The quantitative estimate of drug-likeness (QED) is 0.208. The van der Waals surface area contributed by atoms with Gasteiger partial charge in [0.05, 0.1) is 19.1 Å². The van der Waals surface area contributed by atoms with Crippen LogP contribution in [-0.4, -0.2) is 79.8 Å². The maximum absolute atomic E-state index is 14.2. The summed E-state index contributed by atoms with van der Waals surface area (Å²) in [4.78, 5) is 40.0. The first kappa shape index (κ1) is 32.3. The Kier molecular flexibility index (Phi) is 10.6. The van der Waals surface area contributed by atoms with Gasteiger partial charge < -0.3 is 9.47 Å². The second-order valence-corrected chi connectivity index (χ2v) is 11.9. The molecular formula is C34H44N6O5. The molecule has 2 aliphatic rings. The summed E-state index contributed by atoms with van der Waals surface area (Å²) in [5.74, 6) is -1.66. The van der Waals surface area contributed by atoms with Crippen molar-refractivity contribution in [2.75, 3.05) is 13.2 Å². The van der Waals surface area contributed by atoms with Crippen LogP contribution in [0.5, 0.6) is 0 Å². The number of aromatic nitrogens is 4. The summed E-state index contributed by atoms with van der Waals surface area (Å²) in [5.41, 5.74) is 4.04. The second-order valence-electron chi connectivity index (χ2n) is 11.9. The summed E-state index contributed by atoms with van der Waals surface area (Å²) in [6.45, 7) is 8.08. The fraction of sp³-hybridized carbons (Fsp3) is 0.529. The number of benzene rings is 2. The zero-order valence-electron chi connectivity index (χ0n) is 26.6. The standard InChI is InChI=1S/C34H44N6O5/c1-5-8-13-30-28(20-23-15-17-24(18-16-23)26-11-9-10-12-27(26)31-35-37-38-36-31)32(41)39-22(4)14-19-25(40(30)39)21-29(33(42)44-6-2)34(43)45-7-3/h9-12,15-18,22,25,28-30H,5-8,13-14,19-21H2,1-4H3,(H,35,36,37,38). The van der Waals surface area contributed by atoms with E-state index in [0.29, 0.717) is 12.2 Å². The number of ether oxygens (including phenoxy) is 2. The lowest BCUT2D eigenvalue weighted by Crippen LogP contribution is -2.57. The highest BCUT2D eigenvalue weighted by Gasteiger charge is 2.53. The van der Waals surface area contributed by atoms with Gasteiger partial charge in [-0.05, 0) is 80.0 Å². The third-order valence-corrected chi connectivity index (χ3v) is 9.06. The molecule has 3 heterocycles. The normalized spacial score (nSPS) is 21.6. The molecule has 45 heavy (non-hydrogen) atoms. The lowest BCUT2D eigenvalue weighted by molar-refractivity contribution is -0.168. The molecule has 1 amide bonds. The maximum Gasteiger partial charge on any atom is 0.320 e. The van der Waals surface area contributed by atoms with Crippen molar-refractivity contribution in [3.63, 3.8) is 0 Å². The molecule has 1 aromatic heterocycles. The van der Waals surface area contributed by atoms with Crippen LogP contribution in [0.2, 0.25) is 0 Å². The zero-order chi connectivity index (χ0) is 31.9. The minimum atomic E-state index is -1.02. The van der Waals surface area contributed by atoms with Gasteiger partial charge in [-0.1, -0.05) is 68.3 Å². The molecule has 1 N–H and O–H groups in total. The van der Waals surface area contributed by atoms with Crippen LogP contribution < -0.4 is 0 Å². The Morgan fingerprint density at radius 3 is 2.29 bits per heavy atom. The number of nitrogens with zero attached hydrogens (tertiary/aromatic N) is 5. The molecule has 0 radical (unpaired) electrons. The Labute approximate surface area is 264 Å². The summed E-state index contributed by atoms with van der Waals surface area (Å²) in [7, 11) is 0. The molecule has 2 aliphatic heterocycles. The van der Waals surface area contributed by atoms with Gasteiger partial charge >= 0.3 is 11.9 Å². The second kappa shape index (κ2) is 14.8. The molecule has 11 heteroatoms. The lowest BCUT2D eigenvalue weighted by atomic mass is 9.87. The van der Waals surface area contributed by atoms with Gasteiger partial charge in [-0.15, -0.1) is 5.10 Å². The van der Waals surface area contributed by atoms with Crippen molar-refractivity contribution in [3.05, 3.63) is 54.1 Å². The topological polar surface area (TPSA) is 131 Å². The number of amides is 1. The molecule has 0 aliphatic carbocycles. The van der Waals surface area contributed by atoms with E-state index >= 15 is 0 Å². The van der Waals surface area contributed by atoms with Crippen molar-refractivity contribution in [2.24, 2.45) is 11.8 Å². The van der Waals surface area contributed by atoms with E-state index in [9.17, 15) is 14.4 Å². The van der Waals surface area contributed by atoms with Crippen molar-refractivity contribution in [2.45, 2.75) is 90.8 Å². The van der Waals surface area contributed by atoms with Gasteiger partial charge in [0.1, 0.15) is 0 Å². The number of esters is 2. The number of fused-ring (bicyclic) bond motifs is 1. The molecule has 4 atom stereocenters. The molecule has 5 rings (SSSR count). The van der Waals surface area contributed by atoms with Crippen LogP contribution in [0.1, 0.15) is 71.8 Å². The number of unbranched alkanes of at least 4 members (excludes halogenated alkanes) is 1. The van der Waals surface area contributed by atoms with Gasteiger partial charge in [0.15, 0.2) is 11.7 Å². The average Bonchev–Trinajstić information content (AvgIpc) is 3.68. The number of hydrazine groups is 1. The molecule has 240 valence electrons. The minimum Gasteiger partial charge on any atom is -0.465 e. The van der Waals surface area contributed by atoms with E-state index < -0.39 is 17.9 Å². The van der Waals surface area contributed by atoms with Crippen LogP contribution in [0.3, 0.4) is 0 Å². The number of hydrogen-bond donors (Lipinski definition) is 1. The first-order valence-corrected chi connectivity index (χ1v) is 16.2. The molecule has 11 nitrogen and oxygen atoms in total. The molecule has 0 bridgehead atoms. The van der Waals surface area contributed by atoms with E-state index in [0.717, 1.165) is 54.4 Å². The number of carbonyl (C=O) groups excluding carboxylic acids is 3. The third-order valence-electron chi connectivity index (χ3n) is 9.06. The van der Waals surface area contributed by atoms with Gasteiger partial charge in [-0.25, -0.2) is 10.1 Å². The molecule has 0 saturated carbocycles. The Hall–Kier alpha value is -4.12. The fourth-order valence-corrected chi connectivity index (χ4v) is 6.90. The smallest absolute Gasteiger partial charge is 0.320 e. The number of hydrogen-bond acceptors (Lipinski definition) is 9. The molecule has 3 aromatic rings. The van der Waals surface area contributed by atoms with Crippen molar-refractivity contribution in [1.29, 1.82) is 0 Å². The van der Waals surface area contributed by atoms with E-state index in [1.54, 1.807) is 13.8 Å². The molecular weight excluding hydrogens is 572 g/mol. The van der Waals surface area contributed by atoms with Crippen LogP contribution in [-0.2, 0) is 30.3 Å². The van der Waals surface area contributed by atoms with Gasteiger partial charge in [-0.2, -0.15) is 0 Å². The van der Waals surface area contributed by atoms with Gasteiger partial charge in [0.2, 0.25) is 5.91 Å². The molecule has 2 aromatic carbocycles. The third kappa shape index (κ3) is 6.93. The Balaban J connectivity index is 1.40. The van der Waals surface area contributed by atoms with Gasteiger partial charge in [0, 0.05) is 23.7 Å². The van der Waals surface area contributed by atoms with Crippen molar-refractivity contribution >= 4 is 17.8 Å². The first-order chi connectivity index (χ1) is 21.9. The first-order valence-electron chi connectivity index (χ1n) is 16.2. The number of nitrogens with one attached hydrogen (secondary N) is 1. The zero-order valence-corrected chi connectivity index (χ0v) is 26.6. The monoisotopic (exact) mass is 616 g/mol. The van der Waals surface area contributed by atoms with Crippen LogP contribution in [0.25, 0.3) is 22.5 Å². The highest BCUT2D eigenvalue weighted by atomic mass is 16.6. The number of H-pyrrole nitrogens is 1. The van der Waals surface area contributed by atoms with Crippen LogP contribution in [0.4, 0.5) is 0 Å². The van der Waals surface area contributed by atoms with E-state index in [1.165, 1.54) is 0 Å². The lowest BCUT2D eigenvalue weighted by Gasteiger charge is -2.46. The Bertz CT molecular complexity index is 1430. The summed E-state index contributed by atoms with van der Waals surface area (Å²) < 4.78 is 10.6. The SMILES string of the molecule is CCCCC1C(Cc2ccc(-c3ccccc3-c3nnn[nH]3)cc2)C(=O)N2C(C)CCC(CC(C(=O)OCC)C(=O)OCC)N12. The van der Waals surface area contributed by atoms with Crippen LogP contribution in [0.15, 0.2) is 48.5 Å². The highest BCUT2D eigenvalue weighted by molar-refractivity contribution is 5.95. The molecule has 0 spiro atoms. The summed E-state index contributed by atoms with van der Waals surface area (Å²) in [6, 6.07) is 16.2. The van der Waals surface area contributed by atoms with Crippen molar-refractivity contribution in [3.8, 4) is 22.5 Å². The fourth-order valence-electron chi connectivity index (χ4n) is 6.90. The van der Waals surface area contributed by atoms with Crippen molar-refractivity contribution in [1.82, 2.24) is 30.6 Å². The summed E-state index contributed by atoms with van der Waals surface area (Å²) in [6.07, 6.45) is 5.29. The maximum atomic E-state index is 14.2. The van der Waals surface area contributed by atoms with Gasteiger partial charge in [-0.3, -0.25) is 19.4 Å². The molecule has 2 saturated heterocycles. The van der Waals surface area contributed by atoms with E-state index in [4.69, 9.17) is 9.47 Å². The summed E-state index contributed by atoms with van der Waals surface area (Å²) in [5, 5.41) is 18.5.